The molecule has 1 aliphatic rings. The molecule has 0 bridgehead atoms. The minimum atomic E-state index is -1.91. The van der Waals surface area contributed by atoms with Crippen LogP contribution >= 0.6 is 0 Å². The molecule has 0 radical (unpaired) electrons. The first-order chi connectivity index (χ1) is 14.0. The predicted octanol–water partition coefficient (Wildman–Crippen LogP) is 3.02. The van der Waals surface area contributed by atoms with Gasteiger partial charge in [0.05, 0.1) is 20.8 Å². The van der Waals surface area contributed by atoms with Gasteiger partial charge in [0.1, 0.15) is 0 Å². The van der Waals surface area contributed by atoms with Crippen molar-refractivity contribution in [2.75, 3.05) is 20.8 Å². The summed E-state index contributed by atoms with van der Waals surface area (Å²) in [6.45, 7) is 1.76. The Balaban J connectivity index is 2.02. The van der Waals surface area contributed by atoms with Crippen molar-refractivity contribution in [3.8, 4) is 11.5 Å². The zero-order chi connectivity index (χ0) is 20.9. The van der Waals surface area contributed by atoms with Crippen molar-refractivity contribution in [1.82, 2.24) is 0 Å². The van der Waals surface area contributed by atoms with E-state index in [1.54, 1.807) is 55.5 Å². The molecule has 1 aliphatic heterocycles. The van der Waals surface area contributed by atoms with Crippen molar-refractivity contribution < 1.29 is 28.5 Å². The Morgan fingerprint density at radius 2 is 1.83 bits per heavy atom. The number of aliphatic imine (C=N–C) groups is 1. The molecule has 1 heterocycles. The molecule has 3 rings (SSSR count). The number of methoxy groups -OCH3 is 2. The maximum atomic E-state index is 12.7. The topological polar surface area (TPSA) is 83.4 Å². The third-order valence-electron chi connectivity index (χ3n) is 4.31. The summed E-state index contributed by atoms with van der Waals surface area (Å²) in [5.74, 6) is -0.462. The summed E-state index contributed by atoms with van der Waals surface area (Å²) >= 11 is 0. The Morgan fingerprint density at radius 3 is 2.48 bits per heavy atom. The molecule has 0 fully saturated rings. The fraction of sp³-hybridized carbons (Fsp3) is 0.227. The van der Waals surface area contributed by atoms with Crippen LogP contribution in [0.1, 0.15) is 18.1 Å². The maximum absolute atomic E-state index is 12.7. The highest BCUT2D eigenvalue weighted by Crippen LogP contribution is 2.31. The van der Waals surface area contributed by atoms with E-state index in [0.717, 1.165) is 0 Å². The normalized spacial score (nSPS) is 18.3. The van der Waals surface area contributed by atoms with Gasteiger partial charge in [0.2, 0.25) is 5.90 Å². The van der Waals surface area contributed by atoms with Gasteiger partial charge in [0.15, 0.2) is 11.5 Å². The van der Waals surface area contributed by atoms with Gasteiger partial charge >= 0.3 is 11.9 Å². The predicted molar refractivity (Wildman–Crippen MR) is 107 cm³/mol. The molecule has 150 valence electrons. The first kappa shape index (κ1) is 20.1. The minimum absolute atomic E-state index is 0.0700. The lowest BCUT2D eigenvalue weighted by Gasteiger charge is -2.15. The molecule has 7 heteroatoms. The number of benzene rings is 2. The van der Waals surface area contributed by atoms with Crippen LogP contribution in [0, 0.1) is 0 Å². The van der Waals surface area contributed by atoms with Gasteiger partial charge in [-0.3, -0.25) is 0 Å². The number of carbonyl (C=O) groups is 2. The minimum Gasteiger partial charge on any atom is -0.493 e. The Labute approximate surface area is 168 Å². The fourth-order valence-electron chi connectivity index (χ4n) is 2.82. The second-order valence-electron chi connectivity index (χ2n) is 6.11. The largest absolute Gasteiger partial charge is 0.493 e. The molecular formula is C22H21NO6. The number of hydrogen-bond acceptors (Lipinski definition) is 7. The second-order valence-corrected chi connectivity index (χ2v) is 6.11. The van der Waals surface area contributed by atoms with E-state index in [4.69, 9.17) is 18.9 Å². The average Bonchev–Trinajstić information content (AvgIpc) is 3.10. The molecule has 0 saturated carbocycles. The maximum Gasteiger partial charge on any atom is 0.356 e. The lowest BCUT2D eigenvalue weighted by Crippen LogP contribution is -2.42. The smallest absolute Gasteiger partial charge is 0.356 e. The summed E-state index contributed by atoms with van der Waals surface area (Å²) in [4.78, 5) is 29.7. The van der Waals surface area contributed by atoms with Gasteiger partial charge in [-0.1, -0.05) is 30.3 Å². The van der Waals surface area contributed by atoms with Crippen molar-refractivity contribution >= 4 is 23.9 Å². The van der Waals surface area contributed by atoms with Crippen LogP contribution in [0.15, 0.2) is 59.6 Å². The van der Waals surface area contributed by atoms with Crippen LogP contribution in [0.2, 0.25) is 0 Å². The van der Waals surface area contributed by atoms with E-state index in [-0.39, 0.29) is 12.5 Å². The summed E-state index contributed by atoms with van der Waals surface area (Å²) in [7, 11) is 3.06. The number of nitrogens with zero attached hydrogens (tertiary/aromatic N) is 1. The van der Waals surface area contributed by atoms with Gasteiger partial charge in [-0.2, -0.15) is 0 Å². The van der Waals surface area contributed by atoms with E-state index >= 15 is 0 Å². The van der Waals surface area contributed by atoms with Gasteiger partial charge in [0, 0.05) is 5.56 Å². The van der Waals surface area contributed by atoms with Crippen molar-refractivity contribution in [3.05, 3.63) is 65.7 Å². The van der Waals surface area contributed by atoms with Gasteiger partial charge in [-0.05, 0) is 42.8 Å². The highest BCUT2D eigenvalue weighted by atomic mass is 16.6. The van der Waals surface area contributed by atoms with Crippen molar-refractivity contribution in [2.24, 2.45) is 4.99 Å². The summed E-state index contributed by atoms with van der Waals surface area (Å²) in [6.07, 6.45) is 2.97. The molecule has 1 unspecified atom stereocenters. The molecule has 0 spiro atoms. The van der Waals surface area contributed by atoms with Crippen LogP contribution in [-0.2, 0) is 19.1 Å². The highest BCUT2D eigenvalue weighted by molar-refractivity contribution is 6.19. The molecule has 0 N–H and O–H groups in total. The van der Waals surface area contributed by atoms with Gasteiger partial charge in [0.25, 0.3) is 5.54 Å². The molecule has 0 amide bonds. The molecule has 0 saturated heterocycles. The SMILES string of the molecule is CCOC(=O)C1(/C=C/c2ccc(OC)c(OC)c2)N=C(c2ccccc2)OC1=O. The molecule has 0 aromatic heterocycles. The third kappa shape index (κ3) is 3.99. The van der Waals surface area contributed by atoms with E-state index in [1.807, 2.05) is 6.07 Å². The van der Waals surface area contributed by atoms with Gasteiger partial charge in [-0.25, -0.2) is 14.6 Å². The molecule has 7 nitrogen and oxygen atoms in total. The van der Waals surface area contributed by atoms with Crippen molar-refractivity contribution in [1.29, 1.82) is 0 Å². The fourth-order valence-corrected chi connectivity index (χ4v) is 2.82. The van der Waals surface area contributed by atoms with Crippen LogP contribution in [0.25, 0.3) is 6.08 Å². The number of esters is 2. The monoisotopic (exact) mass is 395 g/mol. The van der Waals surface area contributed by atoms with Crippen LogP contribution in [-0.4, -0.2) is 44.2 Å². The lowest BCUT2D eigenvalue weighted by molar-refractivity contribution is -0.155. The Bertz CT molecular complexity index is 967. The van der Waals surface area contributed by atoms with Crippen LogP contribution in [0.5, 0.6) is 11.5 Å². The Kier molecular flexibility index (Phi) is 5.97. The van der Waals surface area contributed by atoms with Crippen LogP contribution in [0.4, 0.5) is 0 Å². The van der Waals surface area contributed by atoms with E-state index in [9.17, 15) is 9.59 Å². The first-order valence-electron chi connectivity index (χ1n) is 9.00. The Hall–Kier alpha value is -3.61. The van der Waals surface area contributed by atoms with E-state index < -0.39 is 17.5 Å². The van der Waals surface area contributed by atoms with Gasteiger partial charge in [-0.15, -0.1) is 0 Å². The molecule has 0 aliphatic carbocycles. The zero-order valence-corrected chi connectivity index (χ0v) is 16.4. The van der Waals surface area contributed by atoms with Crippen molar-refractivity contribution in [2.45, 2.75) is 12.5 Å². The average molecular weight is 395 g/mol. The van der Waals surface area contributed by atoms with Crippen LogP contribution in [0.3, 0.4) is 0 Å². The van der Waals surface area contributed by atoms with E-state index in [1.165, 1.54) is 20.3 Å². The summed E-state index contributed by atoms with van der Waals surface area (Å²) in [5.41, 5.74) is -0.636. The number of ether oxygens (including phenoxy) is 4. The van der Waals surface area contributed by atoms with E-state index in [0.29, 0.717) is 22.6 Å². The zero-order valence-electron chi connectivity index (χ0n) is 16.4. The number of cyclic esters (lactones) is 1. The van der Waals surface area contributed by atoms with Gasteiger partial charge < -0.3 is 18.9 Å². The quantitative estimate of drug-likeness (QED) is 0.529. The molecule has 2 aromatic rings. The molecule has 1 atom stereocenters. The first-order valence-corrected chi connectivity index (χ1v) is 9.00. The third-order valence-corrected chi connectivity index (χ3v) is 4.31. The summed E-state index contributed by atoms with van der Waals surface area (Å²) < 4.78 is 20.9. The second kappa shape index (κ2) is 8.60. The Morgan fingerprint density at radius 1 is 1.10 bits per heavy atom. The number of hydrogen-bond donors (Lipinski definition) is 0. The highest BCUT2D eigenvalue weighted by Gasteiger charge is 2.52. The summed E-state index contributed by atoms with van der Waals surface area (Å²) in [5, 5.41) is 0. The number of rotatable bonds is 7. The standard InChI is InChI=1S/C22H21NO6/c1-4-28-20(24)22(13-12-15-10-11-17(26-2)18(14-15)27-3)21(25)29-19(23-22)16-8-6-5-7-9-16/h5-14H,4H2,1-3H3/b13-12+. The van der Waals surface area contributed by atoms with E-state index in [2.05, 4.69) is 4.99 Å². The number of carbonyl (C=O) groups excluding carboxylic acids is 2. The molecule has 29 heavy (non-hydrogen) atoms. The lowest BCUT2D eigenvalue weighted by atomic mass is 9.99. The van der Waals surface area contributed by atoms with Crippen LogP contribution < -0.4 is 9.47 Å². The molecular weight excluding hydrogens is 374 g/mol. The molecule has 2 aromatic carbocycles. The summed E-state index contributed by atoms with van der Waals surface area (Å²) in [6, 6.07) is 14.1. The van der Waals surface area contributed by atoms with Crippen molar-refractivity contribution in [3.63, 3.8) is 0 Å².